The van der Waals surface area contributed by atoms with Gasteiger partial charge in [0.1, 0.15) is 6.10 Å². The SMILES string of the molecule is O=C1C2CC3OC3C(C2)N1Cc1ccccc1. The Labute approximate surface area is 100 Å². The number of hydrogen-bond donors (Lipinski definition) is 0. The first-order chi connectivity index (χ1) is 8.33. The number of nitrogens with zero attached hydrogens (tertiary/aromatic N) is 1. The Balaban J connectivity index is 1.59. The molecule has 1 aliphatic carbocycles. The van der Waals surface area contributed by atoms with Crippen LogP contribution in [0, 0.1) is 5.92 Å². The summed E-state index contributed by atoms with van der Waals surface area (Å²) in [6.07, 6.45) is 2.67. The van der Waals surface area contributed by atoms with E-state index in [0.29, 0.717) is 24.2 Å². The van der Waals surface area contributed by atoms with Crippen LogP contribution < -0.4 is 0 Å². The van der Waals surface area contributed by atoms with Crippen molar-refractivity contribution < 1.29 is 9.53 Å². The molecule has 2 saturated heterocycles. The summed E-state index contributed by atoms with van der Waals surface area (Å²) in [5.41, 5.74) is 1.21. The lowest BCUT2D eigenvalue weighted by molar-refractivity contribution is -0.132. The van der Waals surface area contributed by atoms with E-state index < -0.39 is 0 Å². The topological polar surface area (TPSA) is 32.8 Å². The van der Waals surface area contributed by atoms with E-state index in [0.717, 1.165) is 19.4 Å². The summed E-state index contributed by atoms with van der Waals surface area (Å²) in [7, 11) is 0. The van der Waals surface area contributed by atoms with Crippen molar-refractivity contribution in [2.45, 2.75) is 37.6 Å². The van der Waals surface area contributed by atoms with Gasteiger partial charge in [0, 0.05) is 12.5 Å². The van der Waals surface area contributed by atoms with Gasteiger partial charge in [-0.15, -0.1) is 0 Å². The fourth-order valence-electron chi connectivity index (χ4n) is 3.37. The second-order valence-corrected chi connectivity index (χ2v) is 5.33. The minimum atomic E-state index is 0.229. The quantitative estimate of drug-likeness (QED) is 0.721. The van der Waals surface area contributed by atoms with Crippen LogP contribution in [0.25, 0.3) is 0 Å². The number of carbonyl (C=O) groups excluding carboxylic acids is 1. The average molecular weight is 229 g/mol. The Morgan fingerprint density at radius 3 is 2.88 bits per heavy atom. The van der Waals surface area contributed by atoms with Crippen molar-refractivity contribution in [3.63, 3.8) is 0 Å². The molecule has 1 saturated carbocycles. The van der Waals surface area contributed by atoms with Crippen LogP contribution in [-0.2, 0) is 16.1 Å². The van der Waals surface area contributed by atoms with Gasteiger partial charge >= 0.3 is 0 Å². The zero-order chi connectivity index (χ0) is 11.4. The lowest BCUT2D eigenvalue weighted by Gasteiger charge is -2.23. The first kappa shape index (κ1) is 9.66. The van der Waals surface area contributed by atoms with Crippen molar-refractivity contribution in [3.05, 3.63) is 35.9 Å². The maximum atomic E-state index is 12.2. The number of fused-ring (bicyclic) bond motifs is 4. The number of epoxide rings is 1. The van der Waals surface area contributed by atoms with Crippen LogP contribution in [0.4, 0.5) is 0 Å². The Morgan fingerprint density at radius 1 is 1.24 bits per heavy atom. The predicted octanol–water partition coefficient (Wildman–Crippen LogP) is 1.57. The highest BCUT2D eigenvalue weighted by atomic mass is 16.6. The molecule has 3 heteroatoms. The molecule has 17 heavy (non-hydrogen) atoms. The van der Waals surface area contributed by atoms with E-state index in [4.69, 9.17) is 4.74 Å². The number of benzene rings is 1. The predicted molar refractivity (Wildman–Crippen MR) is 62.2 cm³/mol. The van der Waals surface area contributed by atoms with Crippen LogP contribution in [0.2, 0.25) is 0 Å². The van der Waals surface area contributed by atoms with Gasteiger partial charge < -0.3 is 9.64 Å². The molecule has 0 N–H and O–H groups in total. The standard InChI is InChI=1S/C14H15NO2/c16-14-10-6-11(13-12(7-10)17-13)15(14)8-9-4-2-1-3-5-9/h1-5,10-13H,6-8H2. The molecular weight excluding hydrogens is 214 g/mol. The van der Waals surface area contributed by atoms with Crippen molar-refractivity contribution in [2.24, 2.45) is 5.92 Å². The number of likely N-dealkylation sites (tertiary alicyclic amines) is 1. The van der Waals surface area contributed by atoms with Crippen molar-refractivity contribution in [3.8, 4) is 0 Å². The van der Waals surface area contributed by atoms with E-state index >= 15 is 0 Å². The molecule has 3 fully saturated rings. The molecule has 4 unspecified atom stereocenters. The highest BCUT2D eigenvalue weighted by Gasteiger charge is 2.59. The Hall–Kier alpha value is -1.35. The first-order valence-electron chi connectivity index (χ1n) is 6.33. The normalized spacial score (nSPS) is 38.1. The lowest BCUT2D eigenvalue weighted by Crippen LogP contribution is -2.36. The molecule has 4 atom stereocenters. The van der Waals surface area contributed by atoms with E-state index in [1.165, 1.54) is 5.56 Å². The summed E-state index contributed by atoms with van der Waals surface area (Å²) >= 11 is 0. The molecule has 0 aromatic heterocycles. The summed E-state index contributed by atoms with van der Waals surface area (Å²) in [5.74, 6) is 0.571. The van der Waals surface area contributed by atoms with Crippen LogP contribution in [-0.4, -0.2) is 29.1 Å². The summed E-state index contributed by atoms with van der Waals surface area (Å²) in [5, 5.41) is 0. The third-order valence-corrected chi connectivity index (χ3v) is 4.27. The summed E-state index contributed by atoms with van der Waals surface area (Å²) in [4.78, 5) is 14.3. The van der Waals surface area contributed by atoms with E-state index in [1.54, 1.807) is 0 Å². The summed E-state index contributed by atoms with van der Waals surface area (Å²) in [6, 6.07) is 10.6. The molecule has 1 aromatic rings. The van der Waals surface area contributed by atoms with Gasteiger partial charge in [-0.1, -0.05) is 30.3 Å². The summed E-state index contributed by atoms with van der Waals surface area (Å²) in [6.45, 7) is 0.743. The third kappa shape index (κ3) is 1.42. The second-order valence-electron chi connectivity index (χ2n) is 5.33. The number of hydrogen-bond acceptors (Lipinski definition) is 2. The van der Waals surface area contributed by atoms with Gasteiger partial charge in [-0.2, -0.15) is 0 Å². The van der Waals surface area contributed by atoms with Crippen LogP contribution in [0.1, 0.15) is 18.4 Å². The molecule has 4 rings (SSSR count). The largest absolute Gasteiger partial charge is 0.367 e. The minimum Gasteiger partial charge on any atom is -0.367 e. The molecule has 88 valence electrons. The third-order valence-electron chi connectivity index (χ3n) is 4.27. The zero-order valence-corrected chi connectivity index (χ0v) is 9.58. The fraction of sp³-hybridized carbons (Fsp3) is 0.500. The van der Waals surface area contributed by atoms with Crippen LogP contribution in [0.15, 0.2) is 30.3 Å². The number of amides is 1. The molecular formula is C14H15NO2. The van der Waals surface area contributed by atoms with Gasteiger partial charge in [0.2, 0.25) is 5.91 Å². The number of rotatable bonds is 2. The van der Waals surface area contributed by atoms with Gasteiger partial charge in [-0.05, 0) is 18.4 Å². The van der Waals surface area contributed by atoms with Gasteiger partial charge in [-0.25, -0.2) is 0 Å². The smallest absolute Gasteiger partial charge is 0.226 e. The molecule has 2 bridgehead atoms. The van der Waals surface area contributed by atoms with Crippen molar-refractivity contribution in [2.75, 3.05) is 0 Å². The second kappa shape index (κ2) is 3.33. The average Bonchev–Trinajstić information content (AvgIpc) is 3.10. The van der Waals surface area contributed by atoms with Crippen LogP contribution >= 0.6 is 0 Å². The van der Waals surface area contributed by atoms with Crippen molar-refractivity contribution >= 4 is 5.91 Å². The number of ether oxygens (including phenoxy) is 1. The minimum absolute atomic E-state index is 0.229. The molecule has 1 amide bonds. The fourth-order valence-corrected chi connectivity index (χ4v) is 3.37. The van der Waals surface area contributed by atoms with Crippen molar-refractivity contribution in [1.82, 2.24) is 4.90 Å². The van der Waals surface area contributed by atoms with Gasteiger partial charge in [0.25, 0.3) is 0 Å². The molecule has 1 aromatic carbocycles. The van der Waals surface area contributed by atoms with Crippen LogP contribution in [0.3, 0.4) is 0 Å². The summed E-state index contributed by atoms with van der Waals surface area (Å²) < 4.78 is 5.63. The van der Waals surface area contributed by atoms with E-state index in [2.05, 4.69) is 12.1 Å². The Bertz CT molecular complexity index is 459. The number of carbonyl (C=O) groups is 1. The maximum absolute atomic E-state index is 12.2. The molecule has 2 aliphatic heterocycles. The first-order valence-corrected chi connectivity index (χ1v) is 6.33. The zero-order valence-electron chi connectivity index (χ0n) is 9.58. The van der Waals surface area contributed by atoms with Gasteiger partial charge in [0.05, 0.1) is 12.1 Å². The van der Waals surface area contributed by atoms with Gasteiger partial charge in [0.15, 0.2) is 0 Å². The molecule has 0 radical (unpaired) electrons. The van der Waals surface area contributed by atoms with Gasteiger partial charge in [-0.3, -0.25) is 4.79 Å². The van der Waals surface area contributed by atoms with E-state index in [-0.39, 0.29) is 5.92 Å². The lowest BCUT2D eigenvalue weighted by atomic mass is 9.90. The highest BCUT2D eigenvalue weighted by molar-refractivity contribution is 5.82. The monoisotopic (exact) mass is 229 g/mol. The van der Waals surface area contributed by atoms with Crippen molar-refractivity contribution in [1.29, 1.82) is 0 Å². The van der Waals surface area contributed by atoms with Crippen LogP contribution in [0.5, 0.6) is 0 Å². The molecule has 3 nitrogen and oxygen atoms in total. The van der Waals surface area contributed by atoms with E-state index in [9.17, 15) is 4.79 Å². The molecule has 3 aliphatic rings. The Kier molecular flexibility index (Phi) is 1.89. The molecule has 2 heterocycles. The Morgan fingerprint density at radius 2 is 2.06 bits per heavy atom. The molecule has 0 spiro atoms. The maximum Gasteiger partial charge on any atom is 0.226 e. The van der Waals surface area contributed by atoms with E-state index in [1.807, 2.05) is 23.1 Å². The highest BCUT2D eigenvalue weighted by Crippen LogP contribution is 2.47.